The number of carbonyl (C=O) groups excluding carboxylic acids is 1. The number of nitrogens with one attached hydrogen (secondary N) is 1. The molecule has 0 radical (unpaired) electrons. The summed E-state index contributed by atoms with van der Waals surface area (Å²) in [6, 6.07) is 7.47. The topological polar surface area (TPSA) is 67.6 Å². The second-order valence-corrected chi connectivity index (χ2v) is 5.77. The normalized spacial score (nSPS) is 12.9. The molecule has 134 valence electrons. The number of hydrogen-bond acceptors (Lipinski definition) is 4. The molecule has 0 aliphatic rings. The number of rotatable bonds is 7. The van der Waals surface area contributed by atoms with Crippen molar-refractivity contribution in [1.29, 1.82) is 0 Å². The number of halogens is 2. The van der Waals surface area contributed by atoms with Crippen LogP contribution in [0.15, 0.2) is 24.3 Å². The van der Waals surface area contributed by atoms with Crippen molar-refractivity contribution in [3.63, 3.8) is 0 Å². The number of amides is 1. The van der Waals surface area contributed by atoms with Gasteiger partial charge >= 0.3 is 0 Å². The quantitative estimate of drug-likeness (QED) is 0.777. The second kappa shape index (κ2) is 11.5. The van der Waals surface area contributed by atoms with Crippen LogP contribution in [0.25, 0.3) is 0 Å². The molecule has 1 aromatic rings. The molecule has 0 aromatic heterocycles. The van der Waals surface area contributed by atoms with Crippen LogP contribution in [-0.2, 0) is 4.79 Å². The van der Waals surface area contributed by atoms with Gasteiger partial charge in [0.25, 0.3) is 0 Å². The predicted octanol–water partition coefficient (Wildman–Crippen LogP) is 2.24. The molecule has 2 atom stereocenters. The molecule has 0 spiro atoms. The highest BCUT2D eigenvalue weighted by molar-refractivity contribution is 5.85. The van der Waals surface area contributed by atoms with Gasteiger partial charge in [0.2, 0.25) is 5.91 Å². The van der Waals surface area contributed by atoms with E-state index < -0.39 is 6.04 Å². The predicted molar refractivity (Wildman–Crippen MR) is 99.7 cm³/mol. The Morgan fingerprint density at radius 1 is 1.30 bits per heavy atom. The largest absolute Gasteiger partial charge is 0.497 e. The summed E-state index contributed by atoms with van der Waals surface area (Å²) < 4.78 is 5.25. The van der Waals surface area contributed by atoms with Crippen LogP contribution >= 0.6 is 24.8 Å². The molecule has 0 heterocycles. The van der Waals surface area contributed by atoms with Crippen molar-refractivity contribution in [2.45, 2.75) is 25.9 Å². The van der Waals surface area contributed by atoms with Gasteiger partial charge in [-0.15, -0.1) is 24.8 Å². The molecule has 7 heteroatoms. The molecule has 0 bridgehead atoms. The van der Waals surface area contributed by atoms with Crippen molar-refractivity contribution in [3.05, 3.63) is 29.8 Å². The summed E-state index contributed by atoms with van der Waals surface area (Å²) in [6.07, 6.45) is 0. The lowest BCUT2D eigenvalue weighted by molar-refractivity contribution is -0.123. The molecule has 0 fully saturated rings. The monoisotopic (exact) mass is 365 g/mol. The summed E-state index contributed by atoms with van der Waals surface area (Å²) in [5, 5.41) is 2.93. The van der Waals surface area contributed by atoms with Crippen LogP contribution < -0.4 is 15.8 Å². The average Bonchev–Trinajstić information content (AvgIpc) is 2.46. The fourth-order valence-corrected chi connectivity index (χ4v) is 2.07. The third kappa shape index (κ3) is 7.40. The fourth-order valence-electron chi connectivity index (χ4n) is 2.07. The number of nitrogens with two attached hydrogens (primary N) is 1. The third-order valence-corrected chi connectivity index (χ3v) is 3.59. The van der Waals surface area contributed by atoms with Crippen molar-refractivity contribution < 1.29 is 9.53 Å². The van der Waals surface area contributed by atoms with E-state index in [1.54, 1.807) is 7.11 Å². The molecule has 0 aliphatic carbocycles. The van der Waals surface area contributed by atoms with E-state index in [-0.39, 0.29) is 42.7 Å². The van der Waals surface area contributed by atoms with Crippen LogP contribution in [0.4, 0.5) is 0 Å². The smallest absolute Gasteiger partial charge is 0.237 e. The third-order valence-electron chi connectivity index (χ3n) is 3.59. The number of hydrogen-bond donors (Lipinski definition) is 2. The molecule has 0 saturated heterocycles. The maximum absolute atomic E-state index is 12.0. The maximum Gasteiger partial charge on any atom is 0.237 e. The number of benzene rings is 1. The van der Waals surface area contributed by atoms with Gasteiger partial charge in [0, 0.05) is 6.54 Å². The van der Waals surface area contributed by atoms with E-state index in [1.807, 2.05) is 52.2 Å². The van der Waals surface area contributed by atoms with Gasteiger partial charge in [0.05, 0.1) is 19.2 Å². The highest BCUT2D eigenvalue weighted by Gasteiger charge is 2.20. The number of methoxy groups -OCH3 is 1. The van der Waals surface area contributed by atoms with Crippen LogP contribution in [-0.4, -0.2) is 44.6 Å². The summed E-state index contributed by atoms with van der Waals surface area (Å²) in [7, 11) is 5.62. The molecule has 3 N–H and O–H groups in total. The molecule has 0 aliphatic heterocycles. The van der Waals surface area contributed by atoms with Crippen molar-refractivity contribution >= 4 is 30.7 Å². The lowest BCUT2D eigenvalue weighted by atomic mass is 10.0. The van der Waals surface area contributed by atoms with E-state index in [1.165, 1.54) is 0 Å². The zero-order valence-electron chi connectivity index (χ0n) is 14.4. The Labute approximate surface area is 151 Å². The molecular formula is C16H29Cl2N3O2. The number of likely N-dealkylation sites (N-methyl/N-ethyl adjacent to an activating group) is 1. The Bertz CT molecular complexity index is 470. The number of carbonyl (C=O) groups is 1. The van der Waals surface area contributed by atoms with Gasteiger partial charge in [0.15, 0.2) is 0 Å². The van der Waals surface area contributed by atoms with Gasteiger partial charge < -0.3 is 20.7 Å². The summed E-state index contributed by atoms with van der Waals surface area (Å²) in [4.78, 5) is 14.1. The molecule has 23 heavy (non-hydrogen) atoms. The highest BCUT2D eigenvalue weighted by atomic mass is 35.5. The van der Waals surface area contributed by atoms with Crippen LogP contribution in [0.2, 0.25) is 0 Å². The summed E-state index contributed by atoms with van der Waals surface area (Å²) in [5.74, 6) is 0.823. The van der Waals surface area contributed by atoms with E-state index in [2.05, 4.69) is 10.2 Å². The van der Waals surface area contributed by atoms with Gasteiger partial charge in [-0.05, 0) is 37.7 Å². The minimum absolute atomic E-state index is 0. The first kappa shape index (κ1) is 24.2. The average molecular weight is 366 g/mol. The molecule has 1 rings (SSSR count). The standard InChI is InChI=1S/C16H27N3O2.2ClH/c1-11(2)15(17)16(20)18-10-14(19(3)4)12-7-6-8-13(9-12)21-5;;/h6-9,11,14-15H,10,17H2,1-5H3,(H,18,20);2*1H. The van der Waals surface area contributed by atoms with E-state index >= 15 is 0 Å². The zero-order valence-corrected chi connectivity index (χ0v) is 16.0. The summed E-state index contributed by atoms with van der Waals surface area (Å²) in [5.41, 5.74) is 6.96. The van der Waals surface area contributed by atoms with Crippen molar-refractivity contribution in [3.8, 4) is 5.75 Å². The Morgan fingerprint density at radius 2 is 1.91 bits per heavy atom. The minimum atomic E-state index is -0.474. The van der Waals surface area contributed by atoms with Crippen molar-refractivity contribution in [2.24, 2.45) is 11.7 Å². The first-order valence-electron chi connectivity index (χ1n) is 7.20. The Balaban J connectivity index is 0. The maximum atomic E-state index is 12.0. The minimum Gasteiger partial charge on any atom is -0.497 e. The molecule has 2 unspecified atom stereocenters. The van der Waals surface area contributed by atoms with Gasteiger partial charge in [-0.1, -0.05) is 26.0 Å². The van der Waals surface area contributed by atoms with E-state index in [9.17, 15) is 4.79 Å². The first-order chi connectivity index (χ1) is 9.86. The van der Waals surface area contributed by atoms with Crippen LogP contribution in [0.1, 0.15) is 25.5 Å². The van der Waals surface area contributed by atoms with Crippen molar-refractivity contribution in [1.82, 2.24) is 10.2 Å². The second-order valence-electron chi connectivity index (χ2n) is 5.77. The van der Waals surface area contributed by atoms with Crippen molar-refractivity contribution in [2.75, 3.05) is 27.7 Å². The Hall–Kier alpha value is -1.01. The van der Waals surface area contributed by atoms with Crippen LogP contribution in [0, 0.1) is 5.92 Å². The van der Waals surface area contributed by atoms with E-state index in [0.717, 1.165) is 11.3 Å². The van der Waals surface area contributed by atoms with E-state index in [0.29, 0.717) is 6.54 Å². The Morgan fingerprint density at radius 3 is 2.39 bits per heavy atom. The SMILES string of the molecule is COc1cccc(C(CNC(=O)C(N)C(C)C)N(C)C)c1.Cl.Cl. The highest BCUT2D eigenvalue weighted by Crippen LogP contribution is 2.22. The molecule has 0 saturated carbocycles. The molecule has 5 nitrogen and oxygen atoms in total. The number of nitrogens with zero attached hydrogens (tertiary/aromatic N) is 1. The molecule has 1 amide bonds. The lowest BCUT2D eigenvalue weighted by Gasteiger charge is -2.26. The van der Waals surface area contributed by atoms with Gasteiger partial charge in [-0.25, -0.2) is 0 Å². The van der Waals surface area contributed by atoms with Gasteiger partial charge in [-0.3, -0.25) is 4.79 Å². The lowest BCUT2D eigenvalue weighted by Crippen LogP contribution is -2.46. The fraction of sp³-hybridized carbons (Fsp3) is 0.562. The first-order valence-corrected chi connectivity index (χ1v) is 7.20. The van der Waals surface area contributed by atoms with Gasteiger partial charge in [-0.2, -0.15) is 0 Å². The zero-order chi connectivity index (χ0) is 16.0. The molecular weight excluding hydrogens is 337 g/mol. The number of ether oxygens (including phenoxy) is 1. The summed E-state index contributed by atoms with van der Waals surface area (Å²) >= 11 is 0. The van der Waals surface area contributed by atoms with Crippen LogP contribution in [0.3, 0.4) is 0 Å². The van der Waals surface area contributed by atoms with Gasteiger partial charge in [0.1, 0.15) is 5.75 Å². The van der Waals surface area contributed by atoms with Crippen LogP contribution in [0.5, 0.6) is 5.75 Å². The molecule has 1 aromatic carbocycles. The van der Waals surface area contributed by atoms with E-state index in [4.69, 9.17) is 10.5 Å². The Kier molecular flexibility index (Phi) is 12.1. The summed E-state index contributed by atoms with van der Waals surface area (Å²) in [6.45, 7) is 4.39.